The van der Waals surface area contributed by atoms with Crippen molar-refractivity contribution in [3.05, 3.63) is 24.3 Å². The van der Waals surface area contributed by atoms with Gasteiger partial charge in [-0.25, -0.2) is 0 Å². The number of carbonyl (C=O) groups excluding carboxylic acids is 1. The van der Waals surface area contributed by atoms with Gasteiger partial charge in [0.25, 0.3) is 0 Å². The molecule has 6 unspecified atom stereocenters. The van der Waals surface area contributed by atoms with Crippen LogP contribution in [0.1, 0.15) is 155 Å². The molecule has 9 heteroatoms. The van der Waals surface area contributed by atoms with Crippen LogP contribution in [0.25, 0.3) is 0 Å². The minimum absolute atomic E-state index is 0.115. The Balaban J connectivity index is 2.10. The van der Waals surface area contributed by atoms with Crippen LogP contribution in [0.15, 0.2) is 24.3 Å². The largest absolute Gasteiger partial charge is 0.457 e. The van der Waals surface area contributed by atoms with E-state index in [2.05, 4.69) is 38.2 Å². The second-order valence-electron chi connectivity index (χ2n) is 13.4. The number of rotatable bonds is 32. The van der Waals surface area contributed by atoms with Crippen molar-refractivity contribution in [3.63, 3.8) is 0 Å². The van der Waals surface area contributed by atoms with Crippen molar-refractivity contribution in [1.82, 2.24) is 0 Å². The third-order valence-electron chi connectivity index (χ3n) is 8.87. The second kappa shape index (κ2) is 31.6. The number of aliphatic hydroxyl groups is 4. The zero-order valence-corrected chi connectivity index (χ0v) is 30.5. The van der Waals surface area contributed by atoms with Crippen LogP contribution in [0.4, 0.5) is 0 Å². The first kappa shape index (κ1) is 44.7. The molecule has 0 spiro atoms. The Labute approximate surface area is 292 Å². The summed E-state index contributed by atoms with van der Waals surface area (Å²) in [4.78, 5) is 12.3. The van der Waals surface area contributed by atoms with E-state index in [-0.39, 0.29) is 19.2 Å². The fourth-order valence-corrected chi connectivity index (χ4v) is 5.76. The molecule has 1 aliphatic rings. The lowest BCUT2D eigenvalue weighted by Gasteiger charge is -2.39. The first-order valence-electron chi connectivity index (χ1n) is 19.4. The molecular formula is C39H72O9. The van der Waals surface area contributed by atoms with E-state index in [1.54, 1.807) is 0 Å². The molecule has 48 heavy (non-hydrogen) atoms. The number of aliphatic hydroxyl groups excluding tert-OH is 4. The van der Waals surface area contributed by atoms with Crippen molar-refractivity contribution in [2.75, 3.05) is 26.4 Å². The smallest absolute Gasteiger partial charge is 0.306 e. The molecule has 0 radical (unpaired) electrons. The van der Waals surface area contributed by atoms with Crippen LogP contribution in [0.5, 0.6) is 0 Å². The quantitative estimate of drug-likeness (QED) is 0.0323. The topological polar surface area (TPSA) is 135 Å². The molecule has 1 saturated heterocycles. The summed E-state index contributed by atoms with van der Waals surface area (Å²) in [5.74, 6) is -0.340. The van der Waals surface area contributed by atoms with E-state index in [9.17, 15) is 25.2 Å². The second-order valence-corrected chi connectivity index (χ2v) is 13.4. The summed E-state index contributed by atoms with van der Waals surface area (Å²) in [7, 11) is 0. The number of hydrogen-bond acceptors (Lipinski definition) is 9. The van der Waals surface area contributed by atoms with Gasteiger partial charge in [0, 0.05) is 13.0 Å². The third-order valence-corrected chi connectivity index (χ3v) is 8.87. The van der Waals surface area contributed by atoms with Crippen LogP contribution < -0.4 is 0 Å². The molecule has 1 heterocycles. The van der Waals surface area contributed by atoms with Crippen LogP contribution in [-0.2, 0) is 23.7 Å². The molecule has 1 fully saturated rings. The minimum atomic E-state index is -1.53. The monoisotopic (exact) mass is 685 g/mol. The molecule has 9 nitrogen and oxygen atoms in total. The van der Waals surface area contributed by atoms with E-state index in [0.29, 0.717) is 13.0 Å². The van der Waals surface area contributed by atoms with Gasteiger partial charge < -0.3 is 39.4 Å². The number of ether oxygens (including phenoxy) is 4. The van der Waals surface area contributed by atoms with Gasteiger partial charge in [0.05, 0.1) is 19.8 Å². The Morgan fingerprint density at radius 3 is 1.79 bits per heavy atom. The van der Waals surface area contributed by atoms with Gasteiger partial charge in [-0.2, -0.15) is 0 Å². The maximum atomic E-state index is 12.3. The highest BCUT2D eigenvalue weighted by Crippen LogP contribution is 2.22. The highest BCUT2D eigenvalue weighted by Gasteiger charge is 2.44. The van der Waals surface area contributed by atoms with E-state index >= 15 is 0 Å². The molecule has 6 atom stereocenters. The van der Waals surface area contributed by atoms with E-state index in [1.807, 2.05) is 0 Å². The SMILES string of the molecule is CCCCCCC/C=C\C/C=C\CCCCCCCCCCCCOCC(COC1OC(CO)C(O)C(O)C1O)OC(=O)CCCCC. The van der Waals surface area contributed by atoms with E-state index in [1.165, 1.54) is 96.3 Å². The lowest BCUT2D eigenvalue weighted by Crippen LogP contribution is -2.59. The van der Waals surface area contributed by atoms with Crippen molar-refractivity contribution in [1.29, 1.82) is 0 Å². The maximum Gasteiger partial charge on any atom is 0.306 e. The van der Waals surface area contributed by atoms with Crippen molar-refractivity contribution in [3.8, 4) is 0 Å². The zero-order valence-electron chi connectivity index (χ0n) is 30.5. The lowest BCUT2D eigenvalue weighted by molar-refractivity contribution is -0.305. The lowest BCUT2D eigenvalue weighted by atomic mass is 9.99. The summed E-state index contributed by atoms with van der Waals surface area (Å²) in [6, 6.07) is 0. The summed E-state index contributed by atoms with van der Waals surface area (Å²) < 4.78 is 22.4. The van der Waals surface area contributed by atoms with Crippen molar-refractivity contribution < 1.29 is 44.2 Å². The Hall–Kier alpha value is -1.33. The van der Waals surface area contributed by atoms with Crippen LogP contribution in [0, 0.1) is 0 Å². The Kier molecular flexibility index (Phi) is 29.5. The Morgan fingerprint density at radius 2 is 1.21 bits per heavy atom. The van der Waals surface area contributed by atoms with Gasteiger partial charge in [0.15, 0.2) is 6.29 Å². The van der Waals surface area contributed by atoms with Gasteiger partial charge in [-0.3, -0.25) is 4.79 Å². The Bertz CT molecular complexity index is 787. The molecule has 0 saturated carbocycles. The average Bonchev–Trinajstić information content (AvgIpc) is 3.08. The van der Waals surface area contributed by atoms with Gasteiger partial charge in [-0.1, -0.05) is 128 Å². The summed E-state index contributed by atoms with van der Waals surface area (Å²) in [5.41, 5.74) is 0. The van der Waals surface area contributed by atoms with Crippen LogP contribution in [0.3, 0.4) is 0 Å². The van der Waals surface area contributed by atoms with Gasteiger partial charge in [-0.05, 0) is 44.9 Å². The van der Waals surface area contributed by atoms with Crippen molar-refractivity contribution in [2.24, 2.45) is 0 Å². The molecule has 0 aromatic carbocycles. The molecule has 0 amide bonds. The Morgan fingerprint density at radius 1 is 0.667 bits per heavy atom. The normalized spacial score (nSPS) is 22.2. The molecule has 1 aliphatic heterocycles. The van der Waals surface area contributed by atoms with E-state index < -0.39 is 43.4 Å². The number of allylic oxidation sites excluding steroid dienone is 4. The summed E-state index contributed by atoms with van der Waals surface area (Å²) in [6.07, 6.45) is 27.2. The maximum absolute atomic E-state index is 12.3. The number of unbranched alkanes of at least 4 members (excludes halogenated alkanes) is 17. The zero-order chi connectivity index (χ0) is 35.1. The predicted molar refractivity (Wildman–Crippen MR) is 192 cm³/mol. The molecule has 0 aromatic heterocycles. The van der Waals surface area contributed by atoms with E-state index in [0.717, 1.165) is 38.5 Å². The van der Waals surface area contributed by atoms with E-state index in [4.69, 9.17) is 18.9 Å². The first-order chi connectivity index (χ1) is 23.4. The number of hydrogen-bond donors (Lipinski definition) is 4. The third kappa shape index (κ3) is 23.1. The van der Waals surface area contributed by atoms with Crippen LogP contribution >= 0.6 is 0 Å². The fourth-order valence-electron chi connectivity index (χ4n) is 5.76. The standard InChI is InChI=1S/C39H72O9/c1-3-5-7-8-9-10-11-12-13-14-15-16-17-18-19-20-21-22-23-24-25-27-29-45-31-33(47-35(41)28-26-6-4-2)32-46-39-38(44)37(43)36(42)34(30-40)48-39/h11-12,14-15,33-34,36-40,42-44H,3-10,13,16-32H2,1-2H3/b12-11-,15-14-. The molecule has 0 aromatic rings. The van der Waals surface area contributed by atoms with Gasteiger partial charge >= 0.3 is 5.97 Å². The van der Waals surface area contributed by atoms with Gasteiger partial charge in [0.2, 0.25) is 0 Å². The number of esters is 1. The molecule has 282 valence electrons. The molecule has 0 bridgehead atoms. The van der Waals surface area contributed by atoms with Crippen molar-refractivity contribution >= 4 is 5.97 Å². The number of carbonyl (C=O) groups is 1. The van der Waals surface area contributed by atoms with Crippen molar-refractivity contribution in [2.45, 2.75) is 192 Å². The minimum Gasteiger partial charge on any atom is -0.457 e. The predicted octanol–water partition coefficient (Wildman–Crippen LogP) is 7.47. The molecule has 0 aliphatic carbocycles. The summed E-state index contributed by atoms with van der Waals surface area (Å²) >= 11 is 0. The van der Waals surface area contributed by atoms with Crippen LogP contribution in [0.2, 0.25) is 0 Å². The van der Waals surface area contributed by atoms with Gasteiger partial charge in [-0.15, -0.1) is 0 Å². The first-order valence-corrected chi connectivity index (χ1v) is 19.4. The molecular weight excluding hydrogens is 612 g/mol. The molecule has 4 N–H and O–H groups in total. The highest BCUT2D eigenvalue weighted by molar-refractivity contribution is 5.69. The van der Waals surface area contributed by atoms with Crippen LogP contribution in [-0.4, -0.2) is 89.6 Å². The summed E-state index contributed by atoms with van der Waals surface area (Å²) in [5, 5.41) is 39.6. The summed E-state index contributed by atoms with van der Waals surface area (Å²) in [6.45, 7) is 4.36. The highest BCUT2D eigenvalue weighted by atomic mass is 16.7. The average molecular weight is 685 g/mol. The fraction of sp³-hybridized carbons (Fsp3) is 0.872. The van der Waals surface area contributed by atoms with Gasteiger partial charge in [0.1, 0.15) is 30.5 Å². The molecule has 1 rings (SSSR count).